The lowest BCUT2D eigenvalue weighted by molar-refractivity contribution is -0.137. The Morgan fingerprint density at radius 1 is 0.931 bits per heavy atom. The number of piperidine rings is 1. The standard InChI is InChI=1S/C22H35N3O3S/c1-4-18(2)20-8-10-21(11-9-20)29(27,28)25-16-14-23(15-17-25)19(3)22(26)24-12-6-5-7-13-24/h8-11,18-19H,4-7,12-17H2,1-3H3/t18-,19+/m0/s1. The van der Waals surface area contributed by atoms with Crippen molar-refractivity contribution in [3.8, 4) is 0 Å². The Labute approximate surface area is 175 Å². The van der Waals surface area contributed by atoms with Crippen molar-refractivity contribution in [2.75, 3.05) is 39.3 Å². The van der Waals surface area contributed by atoms with Gasteiger partial charge >= 0.3 is 0 Å². The number of sulfonamides is 1. The maximum atomic E-state index is 13.0. The van der Waals surface area contributed by atoms with E-state index >= 15 is 0 Å². The van der Waals surface area contributed by atoms with Crippen LogP contribution >= 0.6 is 0 Å². The summed E-state index contributed by atoms with van der Waals surface area (Å²) in [5.41, 5.74) is 1.17. The van der Waals surface area contributed by atoms with E-state index in [4.69, 9.17) is 0 Å². The Balaban J connectivity index is 1.59. The normalized spacial score (nSPS) is 21.7. The van der Waals surface area contributed by atoms with Crippen molar-refractivity contribution in [2.24, 2.45) is 0 Å². The number of rotatable bonds is 6. The van der Waals surface area contributed by atoms with Crippen LogP contribution in [-0.2, 0) is 14.8 Å². The van der Waals surface area contributed by atoms with Crippen LogP contribution in [0.4, 0.5) is 0 Å². The molecule has 3 rings (SSSR count). The van der Waals surface area contributed by atoms with Crippen LogP contribution in [0, 0.1) is 0 Å². The van der Waals surface area contributed by atoms with E-state index in [1.807, 2.05) is 24.0 Å². The van der Waals surface area contributed by atoms with Gasteiger partial charge in [-0.1, -0.05) is 26.0 Å². The highest BCUT2D eigenvalue weighted by molar-refractivity contribution is 7.89. The van der Waals surface area contributed by atoms with Crippen molar-refractivity contribution < 1.29 is 13.2 Å². The van der Waals surface area contributed by atoms with E-state index in [9.17, 15) is 13.2 Å². The highest BCUT2D eigenvalue weighted by Gasteiger charge is 2.33. The first-order chi connectivity index (χ1) is 13.8. The first-order valence-electron chi connectivity index (χ1n) is 11.0. The summed E-state index contributed by atoms with van der Waals surface area (Å²) in [6.45, 7) is 9.96. The third kappa shape index (κ3) is 5.01. The second-order valence-electron chi connectivity index (χ2n) is 8.38. The highest BCUT2D eigenvalue weighted by Crippen LogP contribution is 2.23. The number of piperazine rings is 1. The van der Waals surface area contributed by atoms with Crippen LogP contribution in [0.3, 0.4) is 0 Å². The Morgan fingerprint density at radius 2 is 1.52 bits per heavy atom. The molecular weight excluding hydrogens is 386 g/mol. The predicted octanol–water partition coefficient (Wildman–Crippen LogP) is 2.91. The smallest absolute Gasteiger partial charge is 0.243 e. The van der Waals surface area contributed by atoms with Gasteiger partial charge in [-0.25, -0.2) is 8.42 Å². The molecule has 2 aliphatic rings. The molecule has 2 atom stereocenters. The molecule has 2 fully saturated rings. The molecule has 1 aromatic carbocycles. The molecule has 2 saturated heterocycles. The van der Waals surface area contributed by atoms with E-state index in [1.54, 1.807) is 16.4 Å². The van der Waals surface area contributed by atoms with E-state index in [2.05, 4.69) is 18.7 Å². The van der Waals surface area contributed by atoms with E-state index < -0.39 is 10.0 Å². The summed E-state index contributed by atoms with van der Waals surface area (Å²) < 4.78 is 27.6. The fraction of sp³-hybridized carbons (Fsp3) is 0.682. The largest absolute Gasteiger partial charge is 0.341 e. The van der Waals surface area contributed by atoms with Crippen molar-refractivity contribution in [1.29, 1.82) is 0 Å². The van der Waals surface area contributed by atoms with Crippen LogP contribution in [0.15, 0.2) is 29.2 Å². The number of amides is 1. The second-order valence-corrected chi connectivity index (χ2v) is 10.3. The monoisotopic (exact) mass is 421 g/mol. The Kier molecular flexibility index (Phi) is 7.35. The number of benzene rings is 1. The fourth-order valence-electron chi connectivity index (χ4n) is 4.22. The summed E-state index contributed by atoms with van der Waals surface area (Å²) in [6, 6.07) is 7.12. The minimum atomic E-state index is -3.49. The molecule has 2 heterocycles. The van der Waals surface area contributed by atoms with E-state index in [1.165, 1.54) is 12.0 Å². The van der Waals surface area contributed by atoms with Crippen LogP contribution < -0.4 is 0 Å². The second kappa shape index (κ2) is 9.58. The van der Waals surface area contributed by atoms with E-state index in [0.29, 0.717) is 37.0 Å². The van der Waals surface area contributed by atoms with Gasteiger partial charge < -0.3 is 4.90 Å². The van der Waals surface area contributed by atoms with Crippen LogP contribution in [0.25, 0.3) is 0 Å². The van der Waals surface area contributed by atoms with Crippen molar-refractivity contribution in [3.63, 3.8) is 0 Å². The first kappa shape index (κ1) is 22.2. The molecule has 6 nitrogen and oxygen atoms in total. The van der Waals surface area contributed by atoms with Crippen molar-refractivity contribution >= 4 is 15.9 Å². The van der Waals surface area contributed by atoms with Crippen LogP contribution in [0.5, 0.6) is 0 Å². The molecule has 7 heteroatoms. The van der Waals surface area contributed by atoms with Gasteiger partial charge in [0.25, 0.3) is 0 Å². The summed E-state index contributed by atoms with van der Waals surface area (Å²) in [6.07, 6.45) is 4.40. The lowest BCUT2D eigenvalue weighted by Gasteiger charge is -2.39. The zero-order valence-corrected chi connectivity index (χ0v) is 18.8. The summed E-state index contributed by atoms with van der Waals surface area (Å²) in [5, 5.41) is 0. The average molecular weight is 422 g/mol. The van der Waals surface area contributed by atoms with Crippen molar-refractivity contribution in [3.05, 3.63) is 29.8 Å². The quantitative estimate of drug-likeness (QED) is 0.709. The summed E-state index contributed by atoms with van der Waals surface area (Å²) in [5.74, 6) is 0.607. The SMILES string of the molecule is CC[C@H](C)c1ccc(S(=O)(=O)N2CCN([C@H](C)C(=O)N3CCCCC3)CC2)cc1. The first-order valence-corrected chi connectivity index (χ1v) is 12.4. The van der Waals surface area contributed by atoms with E-state index in [-0.39, 0.29) is 11.9 Å². The fourth-order valence-corrected chi connectivity index (χ4v) is 5.64. The lowest BCUT2D eigenvalue weighted by Crippen LogP contribution is -2.55. The number of carbonyl (C=O) groups is 1. The van der Waals surface area contributed by atoms with Gasteiger partial charge in [-0.2, -0.15) is 4.31 Å². The molecule has 0 radical (unpaired) electrons. The predicted molar refractivity (Wildman–Crippen MR) is 115 cm³/mol. The van der Waals surface area contributed by atoms with Crippen LogP contribution in [0.1, 0.15) is 57.9 Å². The van der Waals surface area contributed by atoms with Gasteiger partial charge in [0.15, 0.2) is 0 Å². The maximum Gasteiger partial charge on any atom is 0.243 e. The summed E-state index contributed by atoms with van der Waals surface area (Å²) >= 11 is 0. The number of likely N-dealkylation sites (tertiary alicyclic amines) is 1. The van der Waals surface area contributed by atoms with Crippen molar-refractivity contribution in [2.45, 2.75) is 63.3 Å². The molecule has 1 amide bonds. The van der Waals surface area contributed by atoms with Gasteiger partial charge in [0, 0.05) is 39.3 Å². The molecule has 0 N–H and O–H groups in total. The molecule has 29 heavy (non-hydrogen) atoms. The van der Waals surface area contributed by atoms with Gasteiger partial charge in [-0.05, 0) is 56.2 Å². The third-order valence-corrected chi connectivity index (χ3v) is 8.46. The number of hydrogen-bond donors (Lipinski definition) is 0. The Hall–Kier alpha value is -1.44. The number of hydrogen-bond acceptors (Lipinski definition) is 4. The third-order valence-electron chi connectivity index (χ3n) is 6.55. The molecule has 0 unspecified atom stereocenters. The number of carbonyl (C=O) groups excluding carboxylic acids is 1. The lowest BCUT2D eigenvalue weighted by atomic mass is 9.99. The minimum Gasteiger partial charge on any atom is -0.341 e. The molecule has 2 aliphatic heterocycles. The molecule has 0 bridgehead atoms. The Morgan fingerprint density at radius 3 is 2.07 bits per heavy atom. The van der Waals surface area contributed by atoms with Crippen LogP contribution in [0.2, 0.25) is 0 Å². The van der Waals surface area contributed by atoms with Gasteiger partial charge in [-0.3, -0.25) is 9.69 Å². The average Bonchev–Trinajstić information content (AvgIpc) is 2.78. The molecule has 0 saturated carbocycles. The van der Waals surface area contributed by atoms with Gasteiger partial charge in [0.1, 0.15) is 0 Å². The van der Waals surface area contributed by atoms with Gasteiger partial charge in [-0.15, -0.1) is 0 Å². The van der Waals surface area contributed by atoms with Gasteiger partial charge in [0.05, 0.1) is 10.9 Å². The van der Waals surface area contributed by atoms with Crippen molar-refractivity contribution in [1.82, 2.24) is 14.1 Å². The molecule has 1 aromatic rings. The Bertz CT molecular complexity index is 780. The highest BCUT2D eigenvalue weighted by atomic mass is 32.2. The number of nitrogens with zero attached hydrogens (tertiary/aromatic N) is 3. The summed E-state index contributed by atoms with van der Waals surface area (Å²) in [7, 11) is -3.49. The summed E-state index contributed by atoms with van der Waals surface area (Å²) in [4.78, 5) is 17.2. The molecular formula is C22H35N3O3S. The maximum absolute atomic E-state index is 13.0. The molecule has 0 spiro atoms. The topological polar surface area (TPSA) is 60.9 Å². The van der Waals surface area contributed by atoms with Crippen LogP contribution in [-0.4, -0.2) is 73.7 Å². The minimum absolute atomic E-state index is 0.182. The molecule has 162 valence electrons. The van der Waals surface area contributed by atoms with E-state index in [0.717, 1.165) is 32.4 Å². The van der Waals surface area contributed by atoms with Gasteiger partial charge in [0.2, 0.25) is 15.9 Å². The molecule has 0 aromatic heterocycles. The molecule has 0 aliphatic carbocycles. The zero-order valence-electron chi connectivity index (χ0n) is 18.0. The zero-order chi connectivity index (χ0) is 21.0.